The number of unbranched alkanes of at least 4 members (excludes halogenated alkanes) is 12. The number of hydrogen-bond acceptors (Lipinski definition) is 7. The Bertz CT molecular complexity index is 456. The highest BCUT2D eigenvalue weighted by molar-refractivity contribution is 7.81. The SMILES string of the molecule is CCCCCCCC/C=C\CCCCCCCCOS(=O)(=O)OCC(O)CO.N. The molecule has 5 N–H and O–H groups in total. The molecule has 0 aromatic rings. The average molecular weight is 440 g/mol. The Balaban J connectivity index is 0. The van der Waals surface area contributed by atoms with Crippen LogP contribution in [0.3, 0.4) is 0 Å². The van der Waals surface area contributed by atoms with E-state index in [1.807, 2.05) is 0 Å². The van der Waals surface area contributed by atoms with Crippen molar-refractivity contribution in [3.63, 3.8) is 0 Å². The van der Waals surface area contributed by atoms with E-state index in [1.54, 1.807) is 0 Å². The molecule has 0 rings (SSSR count). The maximum Gasteiger partial charge on any atom is 0.399 e. The zero-order chi connectivity index (χ0) is 20.9. The van der Waals surface area contributed by atoms with Crippen molar-refractivity contribution in [1.29, 1.82) is 0 Å². The molecule has 0 fully saturated rings. The standard InChI is InChI=1S/C21H42O6S.H3N/c1-2-3-4-5-6-7-8-9-10-11-12-13-14-15-16-17-18-26-28(24,25)27-20-21(23)19-22;/h9-10,21-23H,2-8,11-20H2,1H3;1H3/b10-9-;. The minimum Gasteiger partial charge on any atom is -0.394 e. The Kier molecular flexibility index (Phi) is 23.5. The van der Waals surface area contributed by atoms with Crippen LogP contribution in [-0.4, -0.2) is 44.6 Å². The predicted octanol–water partition coefficient (Wildman–Crippen LogP) is 4.82. The second-order valence-electron chi connectivity index (χ2n) is 7.29. The van der Waals surface area contributed by atoms with Gasteiger partial charge >= 0.3 is 10.4 Å². The van der Waals surface area contributed by atoms with Crippen molar-refractivity contribution in [3.8, 4) is 0 Å². The molecule has 0 heterocycles. The van der Waals surface area contributed by atoms with Crippen LogP contribution in [0.1, 0.15) is 96.8 Å². The van der Waals surface area contributed by atoms with Crippen molar-refractivity contribution in [1.82, 2.24) is 6.15 Å². The van der Waals surface area contributed by atoms with E-state index in [4.69, 9.17) is 14.4 Å². The van der Waals surface area contributed by atoms with E-state index >= 15 is 0 Å². The van der Waals surface area contributed by atoms with Gasteiger partial charge in [0.2, 0.25) is 0 Å². The lowest BCUT2D eigenvalue weighted by atomic mass is 10.1. The van der Waals surface area contributed by atoms with Gasteiger partial charge in [0.1, 0.15) is 6.10 Å². The number of aliphatic hydroxyl groups excluding tert-OH is 2. The molecular formula is C21H45NO6S. The summed E-state index contributed by atoms with van der Waals surface area (Å²) in [6, 6.07) is 0. The van der Waals surface area contributed by atoms with Gasteiger partial charge in [-0.3, -0.25) is 0 Å². The Morgan fingerprint density at radius 2 is 1.28 bits per heavy atom. The Morgan fingerprint density at radius 3 is 1.79 bits per heavy atom. The van der Waals surface area contributed by atoms with Crippen molar-refractivity contribution in [3.05, 3.63) is 12.2 Å². The fraction of sp³-hybridized carbons (Fsp3) is 0.905. The van der Waals surface area contributed by atoms with Crippen LogP contribution in [0.15, 0.2) is 12.2 Å². The van der Waals surface area contributed by atoms with E-state index in [9.17, 15) is 8.42 Å². The van der Waals surface area contributed by atoms with E-state index in [0.717, 1.165) is 25.7 Å². The lowest BCUT2D eigenvalue weighted by Crippen LogP contribution is -2.23. The molecule has 0 aliphatic carbocycles. The third-order valence-corrected chi connectivity index (χ3v) is 5.38. The van der Waals surface area contributed by atoms with Crippen LogP contribution in [0, 0.1) is 0 Å². The van der Waals surface area contributed by atoms with Crippen LogP contribution in [0.25, 0.3) is 0 Å². The normalized spacial score (nSPS) is 12.9. The predicted molar refractivity (Wildman–Crippen MR) is 118 cm³/mol. The van der Waals surface area contributed by atoms with E-state index in [2.05, 4.69) is 23.3 Å². The first-order valence-corrected chi connectivity index (χ1v) is 12.3. The number of allylic oxidation sites excluding steroid dienone is 2. The minimum atomic E-state index is -4.09. The molecule has 0 spiro atoms. The smallest absolute Gasteiger partial charge is 0.394 e. The number of rotatable bonds is 21. The van der Waals surface area contributed by atoms with Gasteiger partial charge in [0, 0.05) is 0 Å². The topological polar surface area (TPSA) is 128 Å². The monoisotopic (exact) mass is 439 g/mol. The second kappa shape index (κ2) is 22.2. The molecule has 1 unspecified atom stereocenters. The summed E-state index contributed by atoms with van der Waals surface area (Å²) in [5.41, 5.74) is 0. The van der Waals surface area contributed by atoms with Crippen LogP contribution in [-0.2, 0) is 18.8 Å². The highest BCUT2D eigenvalue weighted by Crippen LogP contribution is 2.10. The molecule has 0 aliphatic heterocycles. The highest BCUT2D eigenvalue weighted by atomic mass is 32.3. The molecule has 176 valence electrons. The van der Waals surface area contributed by atoms with Crippen LogP contribution in [0.2, 0.25) is 0 Å². The minimum absolute atomic E-state index is 0. The first-order valence-electron chi connectivity index (χ1n) is 11.0. The van der Waals surface area contributed by atoms with Crippen molar-refractivity contribution in [2.45, 2.75) is 103 Å². The Hall–Kier alpha value is -0.510. The van der Waals surface area contributed by atoms with Crippen molar-refractivity contribution in [2.24, 2.45) is 0 Å². The third-order valence-electron chi connectivity index (χ3n) is 4.50. The lowest BCUT2D eigenvalue weighted by Gasteiger charge is -2.08. The van der Waals surface area contributed by atoms with Gasteiger partial charge in [-0.25, -0.2) is 8.37 Å². The summed E-state index contributed by atoms with van der Waals surface area (Å²) in [7, 11) is -4.09. The summed E-state index contributed by atoms with van der Waals surface area (Å²) in [5, 5.41) is 17.6. The van der Waals surface area contributed by atoms with Crippen molar-refractivity contribution in [2.75, 3.05) is 19.8 Å². The van der Waals surface area contributed by atoms with Crippen LogP contribution < -0.4 is 6.15 Å². The zero-order valence-electron chi connectivity index (χ0n) is 18.4. The van der Waals surface area contributed by atoms with Gasteiger partial charge in [-0.05, 0) is 32.1 Å². The van der Waals surface area contributed by atoms with E-state index in [1.165, 1.54) is 57.8 Å². The maximum atomic E-state index is 11.4. The van der Waals surface area contributed by atoms with Gasteiger partial charge < -0.3 is 16.4 Å². The Morgan fingerprint density at radius 1 is 0.793 bits per heavy atom. The van der Waals surface area contributed by atoms with Crippen LogP contribution in [0.5, 0.6) is 0 Å². The third kappa shape index (κ3) is 23.6. The largest absolute Gasteiger partial charge is 0.399 e. The molecule has 0 aromatic carbocycles. The summed E-state index contributed by atoms with van der Waals surface area (Å²) in [4.78, 5) is 0. The van der Waals surface area contributed by atoms with E-state index < -0.39 is 29.7 Å². The fourth-order valence-electron chi connectivity index (χ4n) is 2.76. The van der Waals surface area contributed by atoms with Crippen LogP contribution in [0.4, 0.5) is 0 Å². The van der Waals surface area contributed by atoms with E-state index in [0.29, 0.717) is 6.42 Å². The molecule has 7 nitrogen and oxygen atoms in total. The molecule has 0 aliphatic rings. The molecule has 1 atom stereocenters. The van der Waals surface area contributed by atoms with Gasteiger partial charge in [0.15, 0.2) is 0 Å². The van der Waals surface area contributed by atoms with E-state index in [-0.39, 0.29) is 12.8 Å². The molecular weight excluding hydrogens is 394 g/mol. The first kappa shape index (κ1) is 30.7. The highest BCUT2D eigenvalue weighted by Gasteiger charge is 2.14. The van der Waals surface area contributed by atoms with Gasteiger partial charge in [0.25, 0.3) is 0 Å². The van der Waals surface area contributed by atoms with Gasteiger partial charge in [-0.2, -0.15) is 8.42 Å². The molecule has 0 saturated heterocycles. The molecule has 0 bridgehead atoms. The molecule has 29 heavy (non-hydrogen) atoms. The molecule has 0 radical (unpaired) electrons. The fourth-order valence-corrected chi connectivity index (χ4v) is 3.47. The summed E-state index contributed by atoms with van der Waals surface area (Å²) in [6.45, 7) is 1.28. The Labute approximate surface area is 178 Å². The lowest BCUT2D eigenvalue weighted by molar-refractivity contribution is 0.0487. The zero-order valence-corrected chi connectivity index (χ0v) is 19.2. The molecule has 0 aromatic heterocycles. The van der Waals surface area contributed by atoms with Crippen LogP contribution >= 0.6 is 0 Å². The molecule has 8 heteroatoms. The first-order chi connectivity index (χ1) is 13.5. The van der Waals surface area contributed by atoms with Gasteiger partial charge in [-0.1, -0.05) is 76.9 Å². The van der Waals surface area contributed by atoms with Crippen molar-refractivity contribution < 1.29 is 27.0 Å². The maximum absolute atomic E-state index is 11.4. The molecule has 0 amide bonds. The number of hydrogen-bond donors (Lipinski definition) is 3. The summed E-state index contributed by atoms with van der Waals surface area (Å²) >= 11 is 0. The quantitative estimate of drug-likeness (QED) is 0.173. The van der Waals surface area contributed by atoms with Crippen molar-refractivity contribution >= 4 is 10.4 Å². The molecule has 0 saturated carbocycles. The van der Waals surface area contributed by atoms with Gasteiger partial charge in [-0.15, -0.1) is 0 Å². The summed E-state index contributed by atoms with van der Waals surface area (Å²) in [5.74, 6) is 0. The second-order valence-corrected chi connectivity index (χ2v) is 8.58. The van der Waals surface area contributed by atoms with Gasteiger partial charge in [0.05, 0.1) is 19.8 Å². The summed E-state index contributed by atoms with van der Waals surface area (Å²) < 4.78 is 31.9. The number of aliphatic hydroxyl groups is 2. The summed E-state index contributed by atoms with van der Waals surface area (Å²) in [6.07, 6.45) is 20.0. The average Bonchev–Trinajstić information content (AvgIpc) is 2.68.